The molecule has 1 aromatic carbocycles. The molecular weight excluding hydrogens is 301 g/mol. The molecule has 0 radical (unpaired) electrons. The summed E-state index contributed by atoms with van der Waals surface area (Å²) in [7, 11) is -2.49. The van der Waals surface area contributed by atoms with Crippen molar-refractivity contribution in [2.75, 3.05) is 20.3 Å². The first kappa shape index (κ1) is 17.5. The fourth-order valence-electron chi connectivity index (χ4n) is 1.73. The van der Waals surface area contributed by atoms with Gasteiger partial charge in [-0.25, -0.2) is 22.3 Å². The second kappa shape index (κ2) is 6.97. The number of hydrogen-bond acceptors (Lipinski definition) is 4. The molecule has 0 fully saturated rings. The lowest BCUT2D eigenvalue weighted by Crippen LogP contribution is -2.30. The van der Waals surface area contributed by atoms with Gasteiger partial charge in [0.2, 0.25) is 10.0 Å². The van der Waals surface area contributed by atoms with E-state index in [1.54, 1.807) is 6.92 Å². The number of aromatic carboxylic acids is 1. The lowest BCUT2D eigenvalue weighted by atomic mass is 10.1. The summed E-state index contributed by atoms with van der Waals surface area (Å²) in [4.78, 5) is 10.5. The Kier molecular flexibility index (Phi) is 5.82. The van der Waals surface area contributed by atoms with Crippen LogP contribution in [0.4, 0.5) is 4.39 Å². The van der Waals surface area contributed by atoms with Crippen LogP contribution in [0, 0.1) is 18.7 Å². The molecule has 1 rings (SSSR count). The Balaban J connectivity index is 3.10. The molecule has 1 unspecified atom stereocenters. The van der Waals surface area contributed by atoms with Crippen LogP contribution in [0.15, 0.2) is 17.0 Å². The van der Waals surface area contributed by atoms with Gasteiger partial charge in [-0.2, -0.15) is 0 Å². The van der Waals surface area contributed by atoms with E-state index in [-0.39, 0.29) is 22.9 Å². The van der Waals surface area contributed by atoms with Gasteiger partial charge in [0, 0.05) is 25.8 Å². The molecule has 0 aromatic heterocycles. The molecule has 0 amide bonds. The lowest BCUT2D eigenvalue weighted by Gasteiger charge is -2.14. The van der Waals surface area contributed by atoms with Gasteiger partial charge >= 0.3 is 5.97 Å². The topological polar surface area (TPSA) is 92.7 Å². The van der Waals surface area contributed by atoms with Crippen molar-refractivity contribution >= 4 is 16.0 Å². The first-order chi connectivity index (χ1) is 9.69. The number of ether oxygens (including phenoxy) is 1. The van der Waals surface area contributed by atoms with Crippen LogP contribution in [0.25, 0.3) is 0 Å². The molecular formula is C13H18FNO5S. The minimum absolute atomic E-state index is 0.0717. The number of halogens is 1. The maximum atomic E-state index is 13.7. The monoisotopic (exact) mass is 319 g/mol. The van der Waals surface area contributed by atoms with E-state index in [1.807, 2.05) is 0 Å². The molecule has 21 heavy (non-hydrogen) atoms. The van der Waals surface area contributed by atoms with E-state index in [9.17, 15) is 17.6 Å². The van der Waals surface area contributed by atoms with Gasteiger partial charge in [0.25, 0.3) is 0 Å². The lowest BCUT2D eigenvalue weighted by molar-refractivity contribution is 0.0696. The average Bonchev–Trinajstić information content (AvgIpc) is 2.39. The van der Waals surface area contributed by atoms with Crippen LogP contribution in [-0.4, -0.2) is 39.8 Å². The third-order valence-electron chi connectivity index (χ3n) is 2.91. The molecule has 6 nitrogen and oxygen atoms in total. The van der Waals surface area contributed by atoms with E-state index in [1.165, 1.54) is 14.0 Å². The molecule has 118 valence electrons. The summed E-state index contributed by atoms with van der Waals surface area (Å²) in [6, 6.07) is 1.74. The van der Waals surface area contributed by atoms with Crippen molar-refractivity contribution in [3.05, 3.63) is 29.1 Å². The van der Waals surface area contributed by atoms with Crippen LogP contribution in [0.1, 0.15) is 22.8 Å². The van der Waals surface area contributed by atoms with E-state index < -0.39 is 27.4 Å². The summed E-state index contributed by atoms with van der Waals surface area (Å²) in [6.07, 6.45) is 0. The quantitative estimate of drug-likeness (QED) is 0.792. The fourth-order valence-corrected chi connectivity index (χ4v) is 3.17. The predicted octanol–water partition coefficient (Wildman–Crippen LogP) is 1.39. The van der Waals surface area contributed by atoms with Crippen LogP contribution in [0.5, 0.6) is 0 Å². The van der Waals surface area contributed by atoms with Gasteiger partial charge in [0.05, 0.1) is 10.5 Å². The van der Waals surface area contributed by atoms with Crippen LogP contribution in [0.3, 0.4) is 0 Å². The molecule has 1 atom stereocenters. The Morgan fingerprint density at radius 1 is 1.48 bits per heavy atom. The van der Waals surface area contributed by atoms with Crippen molar-refractivity contribution in [1.29, 1.82) is 0 Å². The highest BCUT2D eigenvalue weighted by atomic mass is 32.2. The summed E-state index contributed by atoms with van der Waals surface area (Å²) in [5, 5.41) is 8.88. The largest absolute Gasteiger partial charge is 0.478 e. The molecule has 8 heteroatoms. The number of carboxylic acids is 1. The number of methoxy groups -OCH3 is 1. The maximum absolute atomic E-state index is 13.7. The molecule has 0 aliphatic heterocycles. The minimum atomic E-state index is -3.99. The number of rotatable bonds is 7. The van der Waals surface area contributed by atoms with Crippen LogP contribution in [-0.2, 0) is 14.8 Å². The van der Waals surface area contributed by atoms with Crippen molar-refractivity contribution in [3.8, 4) is 0 Å². The molecule has 0 bridgehead atoms. The average molecular weight is 319 g/mol. The summed E-state index contributed by atoms with van der Waals surface area (Å²) >= 11 is 0. The highest BCUT2D eigenvalue weighted by Crippen LogP contribution is 2.20. The third kappa shape index (κ3) is 4.48. The Labute approximate surface area is 123 Å². The maximum Gasteiger partial charge on any atom is 0.335 e. The van der Waals surface area contributed by atoms with Gasteiger partial charge < -0.3 is 9.84 Å². The van der Waals surface area contributed by atoms with Gasteiger partial charge in [0.15, 0.2) is 0 Å². The van der Waals surface area contributed by atoms with E-state index in [2.05, 4.69) is 4.72 Å². The van der Waals surface area contributed by atoms with Crippen molar-refractivity contribution in [3.63, 3.8) is 0 Å². The Morgan fingerprint density at radius 2 is 2.10 bits per heavy atom. The van der Waals surface area contributed by atoms with E-state index >= 15 is 0 Å². The molecule has 0 saturated heterocycles. The highest BCUT2D eigenvalue weighted by molar-refractivity contribution is 7.89. The van der Waals surface area contributed by atoms with Crippen LogP contribution >= 0.6 is 0 Å². The second-order valence-electron chi connectivity index (χ2n) is 4.80. The number of benzene rings is 1. The smallest absolute Gasteiger partial charge is 0.335 e. The molecule has 0 heterocycles. The van der Waals surface area contributed by atoms with Crippen molar-refractivity contribution < 1.29 is 27.4 Å². The zero-order valence-electron chi connectivity index (χ0n) is 12.0. The normalized spacial score (nSPS) is 13.1. The zero-order chi connectivity index (χ0) is 16.2. The molecule has 1 aromatic rings. The Hall–Kier alpha value is -1.51. The van der Waals surface area contributed by atoms with Crippen molar-refractivity contribution in [2.24, 2.45) is 5.92 Å². The fraction of sp³-hybridized carbons (Fsp3) is 0.462. The van der Waals surface area contributed by atoms with Crippen LogP contribution < -0.4 is 4.72 Å². The standard InChI is InChI=1S/C13H18FNO5S/c1-8(7-20-3)6-15-21(18,19)12-5-10(13(16)17)4-11(14)9(12)2/h4-5,8,15H,6-7H2,1-3H3,(H,16,17). The Morgan fingerprint density at radius 3 is 2.62 bits per heavy atom. The van der Waals surface area contributed by atoms with E-state index in [4.69, 9.17) is 9.84 Å². The number of carboxylic acid groups (broad SMARTS) is 1. The summed E-state index contributed by atoms with van der Waals surface area (Å²) < 4.78 is 45.3. The molecule has 0 spiro atoms. The van der Waals surface area contributed by atoms with E-state index in [0.29, 0.717) is 6.61 Å². The molecule has 2 N–H and O–H groups in total. The molecule has 0 aliphatic rings. The molecule has 0 saturated carbocycles. The van der Waals surface area contributed by atoms with Crippen molar-refractivity contribution in [2.45, 2.75) is 18.7 Å². The first-order valence-corrected chi connectivity index (χ1v) is 7.69. The van der Waals surface area contributed by atoms with Gasteiger partial charge in [-0.1, -0.05) is 6.92 Å². The van der Waals surface area contributed by atoms with Crippen LogP contribution in [0.2, 0.25) is 0 Å². The SMILES string of the molecule is COCC(C)CNS(=O)(=O)c1cc(C(=O)O)cc(F)c1C. The number of sulfonamides is 1. The zero-order valence-corrected chi connectivity index (χ0v) is 12.8. The third-order valence-corrected chi connectivity index (χ3v) is 4.46. The summed E-state index contributed by atoms with van der Waals surface area (Å²) in [5.74, 6) is -2.34. The van der Waals surface area contributed by atoms with Crippen molar-refractivity contribution in [1.82, 2.24) is 4.72 Å². The van der Waals surface area contributed by atoms with Gasteiger partial charge in [0.1, 0.15) is 5.82 Å². The Bertz CT molecular complexity index is 630. The number of nitrogens with one attached hydrogen (secondary N) is 1. The number of hydrogen-bond donors (Lipinski definition) is 2. The highest BCUT2D eigenvalue weighted by Gasteiger charge is 2.22. The predicted molar refractivity (Wildman–Crippen MR) is 74.3 cm³/mol. The molecule has 0 aliphatic carbocycles. The second-order valence-corrected chi connectivity index (χ2v) is 6.53. The van der Waals surface area contributed by atoms with E-state index in [0.717, 1.165) is 12.1 Å². The van der Waals surface area contributed by atoms with Gasteiger partial charge in [-0.15, -0.1) is 0 Å². The van der Waals surface area contributed by atoms with Gasteiger partial charge in [-0.05, 0) is 25.0 Å². The summed E-state index contributed by atoms with van der Waals surface area (Å²) in [6.45, 7) is 3.54. The number of carbonyl (C=O) groups is 1. The summed E-state index contributed by atoms with van der Waals surface area (Å²) in [5.41, 5.74) is -0.532. The van der Waals surface area contributed by atoms with Gasteiger partial charge in [-0.3, -0.25) is 0 Å². The minimum Gasteiger partial charge on any atom is -0.478 e. The first-order valence-electron chi connectivity index (χ1n) is 6.21.